The highest BCUT2D eigenvalue weighted by Gasteiger charge is 2.12. The molecule has 0 heterocycles. The third kappa shape index (κ3) is 7.15. The van der Waals surface area contributed by atoms with Crippen LogP contribution in [-0.2, 0) is 0 Å². The van der Waals surface area contributed by atoms with Crippen LogP contribution in [0.5, 0.6) is 0 Å². The maximum absolute atomic E-state index is 3.84. The van der Waals surface area contributed by atoms with Gasteiger partial charge in [0.25, 0.3) is 0 Å². The summed E-state index contributed by atoms with van der Waals surface area (Å²) >= 11 is 0. The van der Waals surface area contributed by atoms with Crippen LogP contribution < -0.4 is 4.90 Å². The van der Waals surface area contributed by atoms with Crippen LogP contribution in [-0.4, -0.2) is 0 Å². The summed E-state index contributed by atoms with van der Waals surface area (Å²) in [5.74, 6) is 0. The Bertz CT molecular complexity index is 598. The molecule has 0 fully saturated rings. The number of para-hydroxylation sites is 1. The molecule has 1 heteroatoms. The van der Waals surface area contributed by atoms with Gasteiger partial charge in [-0.1, -0.05) is 69.0 Å². The normalized spacial score (nSPS) is 12.5. The molecule has 1 nitrogen and oxygen atoms in total. The summed E-state index contributed by atoms with van der Waals surface area (Å²) in [7, 11) is 0. The molecule has 0 aliphatic rings. The van der Waals surface area contributed by atoms with Gasteiger partial charge in [0.05, 0.1) is 0 Å². The number of nitrogens with zero attached hydrogens (tertiary/aromatic N) is 1. The van der Waals surface area contributed by atoms with E-state index < -0.39 is 0 Å². The van der Waals surface area contributed by atoms with Crippen LogP contribution in [0.15, 0.2) is 103 Å². The van der Waals surface area contributed by atoms with Crippen LogP contribution in [0.4, 0.5) is 5.69 Å². The summed E-state index contributed by atoms with van der Waals surface area (Å²) < 4.78 is 0. The van der Waals surface area contributed by atoms with Gasteiger partial charge in [-0.25, -0.2) is 0 Å². The lowest BCUT2D eigenvalue weighted by atomic mass is 10.2. The molecule has 1 rings (SSSR count). The second-order valence-electron chi connectivity index (χ2n) is 4.62. The van der Waals surface area contributed by atoms with Crippen LogP contribution in [0.25, 0.3) is 0 Å². The van der Waals surface area contributed by atoms with E-state index in [9.17, 15) is 0 Å². The topological polar surface area (TPSA) is 3.24 Å². The van der Waals surface area contributed by atoms with Crippen LogP contribution in [0.1, 0.15) is 34.6 Å². The van der Waals surface area contributed by atoms with Crippen molar-refractivity contribution >= 4 is 5.69 Å². The van der Waals surface area contributed by atoms with Crippen molar-refractivity contribution in [3.8, 4) is 0 Å². The summed E-state index contributed by atoms with van der Waals surface area (Å²) in [6, 6.07) is 10.3. The van der Waals surface area contributed by atoms with E-state index in [-0.39, 0.29) is 0 Å². The fraction of sp³-hybridized carbons (Fsp3) is 0.217. The number of allylic oxidation sites excluding steroid dienone is 9. The van der Waals surface area contributed by atoms with Crippen molar-refractivity contribution in [1.29, 1.82) is 0 Å². The average molecular weight is 322 g/mol. The van der Waals surface area contributed by atoms with Gasteiger partial charge in [-0.3, -0.25) is 0 Å². The van der Waals surface area contributed by atoms with Gasteiger partial charge in [0.1, 0.15) is 0 Å². The molecule has 0 amide bonds. The Morgan fingerprint density at radius 2 is 1.38 bits per heavy atom. The lowest BCUT2D eigenvalue weighted by molar-refractivity contribution is 1.14. The van der Waals surface area contributed by atoms with Gasteiger partial charge in [0, 0.05) is 17.1 Å². The highest BCUT2D eigenvalue weighted by Crippen LogP contribution is 2.26. The smallest absolute Gasteiger partial charge is 0.0461 e. The van der Waals surface area contributed by atoms with Crippen molar-refractivity contribution in [2.75, 3.05) is 4.90 Å². The first-order valence-corrected chi connectivity index (χ1v) is 8.54. The number of hydrogen-bond acceptors (Lipinski definition) is 1. The second kappa shape index (κ2) is 14.1. The van der Waals surface area contributed by atoms with Gasteiger partial charge >= 0.3 is 0 Å². The minimum absolute atomic E-state index is 1.07. The second-order valence-corrected chi connectivity index (χ2v) is 4.62. The number of rotatable bonds is 7. The number of hydrogen-bond donors (Lipinski definition) is 0. The van der Waals surface area contributed by atoms with Crippen molar-refractivity contribution < 1.29 is 0 Å². The maximum atomic E-state index is 3.84. The highest BCUT2D eigenvalue weighted by molar-refractivity contribution is 5.63. The molecule has 0 N–H and O–H groups in total. The Balaban J connectivity index is 0.00000254. The molecule has 0 radical (unpaired) electrons. The van der Waals surface area contributed by atoms with E-state index in [1.807, 2.05) is 89.3 Å². The van der Waals surface area contributed by atoms with E-state index in [1.165, 1.54) is 0 Å². The molecule has 0 spiro atoms. The lowest BCUT2D eigenvalue weighted by Crippen LogP contribution is -2.19. The quantitative estimate of drug-likeness (QED) is 0.480. The maximum Gasteiger partial charge on any atom is 0.0461 e. The Morgan fingerprint density at radius 3 is 1.83 bits per heavy atom. The van der Waals surface area contributed by atoms with Crippen molar-refractivity contribution in [2.45, 2.75) is 34.6 Å². The molecule has 0 saturated heterocycles. The Morgan fingerprint density at radius 1 is 0.833 bits per heavy atom. The molecule has 0 aliphatic carbocycles. The van der Waals surface area contributed by atoms with E-state index in [1.54, 1.807) is 0 Å². The number of anilines is 1. The zero-order chi connectivity index (χ0) is 18.2. The predicted molar refractivity (Wildman–Crippen MR) is 111 cm³/mol. The first kappa shape index (κ1) is 21.5. The van der Waals surface area contributed by atoms with Gasteiger partial charge in [-0.2, -0.15) is 0 Å². The van der Waals surface area contributed by atoms with E-state index in [0.29, 0.717) is 0 Å². The van der Waals surface area contributed by atoms with Crippen LogP contribution in [0.3, 0.4) is 0 Å². The molecule has 128 valence electrons. The summed E-state index contributed by atoms with van der Waals surface area (Å²) in [5, 5.41) is 0. The van der Waals surface area contributed by atoms with Crippen LogP contribution >= 0.6 is 0 Å². The fourth-order valence-electron chi connectivity index (χ4n) is 2.09. The van der Waals surface area contributed by atoms with Gasteiger partial charge in [0.15, 0.2) is 0 Å². The van der Waals surface area contributed by atoms with E-state index in [0.717, 1.165) is 17.1 Å². The molecule has 0 saturated carbocycles. The SMILES string of the molecule is C=C/C=C(\C=C/C)N(C(/C=C\C)=C/C=C\C)c1ccccc1.CC. The molecule has 0 unspecified atom stereocenters. The summed E-state index contributed by atoms with van der Waals surface area (Å²) in [5.41, 5.74) is 3.28. The molecule has 1 aromatic rings. The molecule has 0 atom stereocenters. The minimum Gasteiger partial charge on any atom is -0.311 e. The molecule has 1 aromatic carbocycles. The molecule has 24 heavy (non-hydrogen) atoms. The highest BCUT2D eigenvalue weighted by atomic mass is 15.1. The molecular formula is C23H31N. The zero-order valence-corrected chi connectivity index (χ0v) is 15.7. The molecular weight excluding hydrogens is 290 g/mol. The first-order valence-electron chi connectivity index (χ1n) is 8.54. The standard InChI is InChI=1S/C21H25N.C2H6/c1-5-9-16-20(15-8-4)22(19(13-6-2)14-7-3)21-17-11-10-12-18-21;1-2/h5-18H,2H2,1,3-4H3;1-2H3/b9-5-,14-7-,15-8-,19-13+,20-16+;. The van der Waals surface area contributed by atoms with Gasteiger partial charge in [-0.15, -0.1) is 0 Å². The van der Waals surface area contributed by atoms with E-state index in [2.05, 4.69) is 41.8 Å². The predicted octanol–water partition coefficient (Wildman–Crippen LogP) is 7.20. The first-order chi connectivity index (χ1) is 11.8. The largest absolute Gasteiger partial charge is 0.311 e. The average Bonchev–Trinajstić information content (AvgIpc) is 2.63. The monoisotopic (exact) mass is 321 g/mol. The summed E-state index contributed by atoms with van der Waals surface area (Å²) in [6.07, 6.45) is 18.3. The molecule has 0 aromatic heterocycles. The Hall–Kier alpha value is -2.54. The lowest BCUT2D eigenvalue weighted by Gasteiger charge is -2.27. The van der Waals surface area contributed by atoms with E-state index in [4.69, 9.17) is 0 Å². The Kier molecular flexibility index (Phi) is 12.6. The van der Waals surface area contributed by atoms with Gasteiger partial charge in [-0.05, 0) is 57.2 Å². The minimum atomic E-state index is 1.07. The van der Waals surface area contributed by atoms with Crippen LogP contribution in [0.2, 0.25) is 0 Å². The van der Waals surface area contributed by atoms with Crippen molar-refractivity contribution in [1.82, 2.24) is 0 Å². The van der Waals surface area contributed by atoms with Crippen LogP contribution in [0, 0.1) is 0 Å². The van der Waals surface area contributed by atoms with Crippen molar-refractivity contribution in [3.05, 3.63) is 103 Å². The zero-order valence-electron chi connectivity index (χ0n) is 15.7. The van der Waals surface area contributed by atoms with E-state index >= 15 is 0 Å². The van der Waals surface area contributed by atoms with Crippen molar-refractivity contribution in [2.24, 2.45) is 0 Å². The molecule has 0 aliphatic heterocycles. The molecule has 0 bridgehead atoms. The fourth-order valence-corrected chi connectivity index (χ4v) is 2.09. The third-order valence-electron chi connectivity index (χ3n) is 2.95. The number of benzene rings is 1. The van der Waals surface area contributed by atoms with Gasteiger partial charge < -0.3 is 4.90 Å². The summed E-state index contributed by atoms with van der Waals surface area (Å²) in [4.78, 5) is 2.21. The Labute approximate surface area is 148 Å². The van der Waals surface area contributed by atoms with Crippen molar-refractivity contribution in [3.63, 3.8) is 0 Å². The third-order valence-corrected chi connectivity index (χ3v) is 2.95. The van der Waals surface area contributed by atoms with Gasteiger partial charge in [0.2, 0.25) is 0 Å². The summed E-state index contributed by atoms with van der Waals surface area (Å²) in [6.45, 7) is 13.9.